The molecule has 0 aliphatic rings. The van der Waals surface area contributed by atoms with Crippen LogP contribution in [-0.4, -0.2) is 17.0 Å². The van der Waals surface area contributed by atoms with E-state index in [4.69, 9.17) is 0 Å². The molecule has 4 aromatic carbocycles. The van der Waals surface area contributed by atoms with Crippen LogP contribution in [0, 0.1) is 11.6 Å². The highest BCUT2D eigenvalue weighted by atomic mass is 19.1. The van der Waals surface area contributed by atoms with Crippen LogP contribution in [0.2, 0.25) is 0 Å². The quantitative estimate of drug-likeness (QED) is 0.309. The minimum Gasteiger partial charge on any atom is -0.478 e. The Balaban J connectivity index is 1.76. The number of carbonyl (C=O) groups excluding carboxylic acids is 1. The fourth-order valence-electron chi connectivity index (χ4n) is 3.78. The Morgan fingerprint density at radius 2 is 1.65 bits per heavy atom. The molecule has 34 heavy (non-hydrogen) atoms. The molecule has 4 rings (SSSR count). The number of rotatable bonds is 6. The molecule has 0 aliphatic carbocycles. The van der Waals surface area contributed by atoms with Crippen molar-refractivity contribution in [1.29, 1.82) is 0 Å². The number of anilines is 1. The zero-order valence-corrected chi connectivity index (χ0v) is 18.3. The van der Waals surface area contributed by atoms with Crippen molar-refractivity contribution in [2.24, 2.45) is 0 Å². The number of fused-ring (bicyclic) bond motifs is 1. The molecule has 0 bridgehead atoms. The third-order valence-electron chi connectivity index (χ3n) is 5.53. The van der Waals surface area contributed by atoms with Gasteiger partial charge in [-0.2, -0.15) is 0 Å². The summed E-state index contributed by atoms with van der Waals surface area (Å²) in [5.74, 6) is -2.70. The first-order valence-electron chi connectivity index (χ1n) is 10.7. The number of aliphatic carboxylic acids is 1. The molecule has 4 nitrogen and oxygen atoms in total. The van der Waals surface area contributed by atoms with Gasteiger partial charge in [-0.25, -0.2) is 13.6 Å². The summed E-state index contributed by atoms with van der Waals surface area (Å²) in [6, 6.07) is 20.8. The summed E-state index contributed by atoms with van der Waals surface area (Å²) in [5, 5.41) is 13.2. The lowest BCUT2D eigenvalue weighted by Crippen LogP contribution is -2.14. The molecule has 0 radical (unpaired) electrons. The Labute approximate surface area is 195 Å². The van der Waals surface area contributed by atoms with E-state index in [2.05, 4.69) is 5.32 Å². The normalized spacial score (nSPS) is 11.4. The van der Waals surface area contributed by atoms with Gasteiger partial charge in [0.1, 0.15) is 11.6 Å². The minimum absolute atomic E-state index is 0.0834. The van der Waals surface area contributed by atoms with Crippen molar-refractivity contribution in [2.45, 2.75) is 13.3 Å². The summed E-state index contributed by atoms with van der Waals surface area (Å²) in [4.78, 5) is 24.6. The molecule has 0 aromatic heterocycles. The number of halogens is 2. The van der Waals surface area contributed by atoms with E-state index in [0.29, 0.717) is 28.5 Å². The van der Waals surface area contributed by atoms with E-state index in [0.717, 1.165) is 5.39 Å². The second-order valence-corrected chi connectivity index (χ2v) is 7.75. The van der Waals surface area contributed by atoms with Crippen LogP contribution in [0.4, 0.5) is 14.5 Å². The topological polar surface area (TPSA) is 66.4 Å². The fourth-order valence-corrected chi connectivity index (χ4v) is 3.78. The number of hydrogen-bond acceptors (Lipinski definition) is 2. The Morgan fingerprint density at radius 1 is 0.912 bits per heavy atom. The second kappa shape index (κ2) is 9.67. The number of nitrogens with one attached hydrogen (secondary N) is 1. The number of amides is 1. The monoisotopic (exact) mass is 457 g/mol. The van der Waals surface area contributed by atoms with Crippen LogP contribution in [0.5, 0.6) is 0 Å². The van der Waals surface area contributed by atoms with Gasteiger partial charge in [0.15, 0.2) is 0 Å². The summed E-state index contributed by atoms with van der Waals surface area (Å²) < 4.78 is 29.0. The number of carboxylic acid groups (broad SMARTS) is 1. The van der Waals surface area contributed by atoms with Crippen LogP contribution >= 0.6 is 0 Å². The molecule has 2 N–H and O–H groups in total. The lowest BCUT2D eigenvalue weighted by atomic mass is 9.96. The van der Waals surface area contributed by atoms with Crippen LogP contribution in [0.1, 0.15) is 29.3 Å². The van der Waals surface area contributed by atoms with Crippen molar-refractivity contribution in [1.82, 2.24) is 0 Å². The summed E-state index contributed by atoms with van der Waals surface area (Å²) in [6.07, 6.45) is 1.73. The van der Waals surface area contributed by atoms with Crippen molar-refractivity contribution in [3.8, 4) is 11.1 Å². The van der Waals surface area contributed by atoms with Crippen LogP contribution < -0.4 is 5.32 Å². The molecular formula is C28H21F2NO3. The van der Waals surface area contributed by atoms with E-state index in [1.54, 1.807) is 49.4 Å². The second-order valence-electron chi connectivity index (χ2n) is 7.75. The Bertz CT molecular complexity index is 1440. The molecule has 0 aliphatic heterocycles. The lowest BCUT2D eigenvalue weighted by Gasteiger charge is -2.13. The van der Waals surface area contributed by atoms with E-state index < -0.39 is 23.5 Å². The molecular weight excluding hydrogens is 436 g/mol. The van der Waals surface area contributed by atoms with Gasteiger partial charge in [-0.05, 0) is 64.7 Å². The van der Waals surface area contributed by atoms with E-state index >= 15 is 0 Å². The maximum absolute atomic E-state index is 14.5. The summed E-state index contributed by atoms with van der Waals surface area (Å²) in [7, 11) is 0. The molecule has 1 amide bonds. The Hall–Kier alpha value is -4.32. The maximum Gasteiger partial charge on any atom is 0.331 e. The van der Waals surface area contributed by atoms with Gasteiger partial charge >= 0.3 is 5.97 Å². The zero-order chi connectivity index (χ0) is 24.2. The average Bonchev–Trinajstić information content (AvgIpc) is 2.83. The minimum atomic E-state index is -1.06. The molecule has 0 atom stereocenters. The van der Waals surface area contributed by atoms with Crippen molar-refractivity contribution in [2.75, 3.05) is 5.32 Å². The van der Waals surface area contributed by atoms with E-state index in [-0.39, 0.29) is 16.8 Å². The highest BCUT2D eigenvalue weighted by Gasteiger charge is 2.16. The van der Waals surface area contributed by atoms with Crippen LogP contribution in [0.3, 0.4) is 0 Å². The van der Waals surface area contributed by atoms with Crippen molar-refractivity contribution in [3.63, 3.8) is 0 Å². The third kappa shape index (κ3) is 4.71. The third-order valence-corrected chi connectivity index (χ3v) is 5.53. The molecule has 0 spiro atoms. The van der Waals surface area contributed by atoms with Gasteiger partial charge < -0.3 is 10.4 Å². The SMILES string of the molecule is CCC(=Cc1ccc(F)c(NC(=O)c2cc(-c3ccccc3F)cc3ccccc23)c1)C(=O)O. The smallest absolute Gasteiger partial charge is 0.331 e. The van der Waals surface area contributed by atoms with E-state index in [1.807, 2.05) is 12.1 Å². The molecule has 0 saturated heterocycles. The summed E-state index contributed by atoms with van der Waals surface area (Å²) >= 11 is 0. The van der Waals surface area contributed by atoms with Crippen molar-refractivity contribution in [3.05, 3.63) is 107 Å². The first-order valence-corrected chi connectivity index (χ1v) is 10.7. The van der Waals surface area contributed by atoms with Gasteiger partial charge in [0.05, 0.1) is 5.69 Å². The summed E-state index contributed by atoms with van der Waals surface area (Å²) in [6.45, 7) is 1.71. The molecule has 0 unspecified atom stereocenters. The number of benzene rings is 4. The summed E-state index contributed by atoms with van der Waals surface area (Å²) in [5.41, 5.74) is 1.65. The largest absolute Gasteiger partial charge is 0.478 e. The molecule has 0 saturated carbocycles. The van der Waals surface area contributed by atoms with Gasteiger partial charge in [0.2, 0.25) is 0 Å². The zero-order valence-electron chi connectivity index (χ0n) is 18.3. The first kappa shape index (κ1) is 22.9. The van der Waals surface area contributed by atoms with E-state index in [1.165, 1.54) is 30.3 Å². The van der Waals surface area contributed by atoms with Crippen LogP contribution in [-0.2, 0) is 4.79 Å². The lowest BCUT2D eigenvalue weighted by molar-refractivity contribution is -0.132. The van der Waals surface area contributed by atoms with Gasteiger partial charge in [0.25, 0.3) is 5.91 Å². The van der Waals surface area contributed by atoms with Gasteiger partial charge in [-0.3, -0.25) is 4.79 Å². The molecule has 4 aromatic rings. The Morgan fingerprint density at radius 3 is 2.38 bits per heavy atom. The highest BCUT2D eigenvalue weighted by Crippen LogP contribution is 2.30. The van der Waals surface area contributed by atoms with Crippen molar-refractivity contribution < 1.29 is 23.5 Å². The molecule has 0 fully saturated rings. The average molecular weight is 457 g/mol. The van der Waals surface area contributed by atoms with Gasteiger partial charge in [0, 0.05) is 16.7 Å². The fraction of sp³-hybridized carbons (Fsp3) is 0.0714. The van der Waals surface area contributed by atoms with E-state index in [9.17, 15) is 23.5 Å². The standard InChI is InChI=1S/C28H21F2NO3/c1-2-18(28(33)34)13-17-11-12-25(30)26(14-17)31-27(32)23-16-20(22-9-5-6-10-24(22)29)15-19-7-3-4-8-21(19)23/h3-16H,2H2,1H3,(H,31,32)(H,33,34). The van der Waals surface area contributed by atoms with Gasteiger partial charge in [-0.15, -0.1) is 0 Å². The first-order chi connectivity index (χ1) is 16.4. The van der Waals surface area contributed by atoms with Crippen LogP contribution in [0.25, 0.3) is 28.0 Å². The number of hydrogen-bond donors (Lipinski definition) is 2. The predicted molar refractivity (Wildman–Crippen MR) is 130 cm³/mol. The van der Waals surface area contributed by atoms with Crippen LogP contribution in [0.15, 0.2) is 84.4 Å². The molecule has 170 valence electrons. The number of carbonyl (C=O) groups is 2. The predicted octanol–water partition coefficient (Wildman–Crippen LogP) is 6.92. The molecule has 0 heterocycles. The highest BCUT2D eigenvalue weighted by molar-refractivity contribution is 6.14. The van der Waals surface area contributed by atoms with Gasteiger partial charge in [-0.1, -0.05) is 55.5 Å². The maximum atomic E-state index is 14.5. The Kier molecular flexibility index (Phi) is 6.50. The molecule has 6 heteroatoms. The number of carboxylic acids is 1. The van der Waals surface area contributed by atoms with Crippen molar-refractivity contribution >= 4 is 34.4 Å².